The van der Waals surface area contributed by atoms with E-state index >= 15 is 0 Å². The topological polar surface area (TPSA) is 124 Å². The number of allylic oxidation sites excluding steroid dienone is 3. The lowest BCUT2D eigenvalue weighted by Crippen LogP contribution is -2.50. The Bertz CT molecular complexity index is 1430. The lowest BCUT2D eigenvalue weighted by molar-refractivity contribution is -0.112. The van der Waals surface area contributed by atoms with E-state index in [9.17, 15) is 14.0 Å². The predicted octanol–water partition coefficient (Wildman–Crippen LogP) is 3.63. The fraction of sp³-hybridized carbons (Fsp3) is 0.448. The zero-order chi connectivity index (χ0) is 29.9. The number of methoxy groups -OCH3 is 1. The van der Waals surface area contributed by atoms with Crippen LogP contribution < -0.4 is 10.6 Å². The monoisotopic (exact) mass is 567 g/mol. The van der Waals surface area contributed by atoms with Crippen LogP contribution in [0.2, 0.25) is 0 Å². The van der Waals surface area contributed by atoms with Crippen LogP contribution in [-0.2, 0) is 14.3 Å². The number of pyridine rings is 1. The Kier molecular flexibility index (Phi) is 8.81. The van der Waals surface area contributed by atoms with Crippen molar-refractivity contribution in [3.05, 3.63) is 65.2 Å². The summed E-state index contributed by atoms with van der Waals surface area (Å²) in [6.45, 7) is 11.7. The zero-order valence-corrected chi connectivity index (χ0v) is 24.4. The van der Waals surface area contributed by atoms with Gasteiger partial charge in [0.2, 0.25) is 0 Å². The van der Waals surface area contributed by atoms with E-state index in [1.54, 1.807) is 49.7 Å². The quantitative estimate of drug-likeness (QED) is 0.467. The summed E-state index contributed by atoms with van der Waals surface area (Å²) in [4.78, 5) is 33.7. The lowest BCUT2D eigenvalue weighted by Gasteiger charge is -2.39. The second kappa shape index (κ2) is 12.1. The molecule has 12 heteroatoms. The largest absolute Gasteiger partial charge is 0.444 e. The number of carbonyl (C=O) groups is 2. The molecule has 0 spiro atoms. The van der Waals surface area contributed by atoms with Gasteiger partial charge < -0.3 is 34.3 Å². The number of halogens is 1. The molecule has 41 heavy (non-hydrogen) atoms. The fourth-order valence-electron chi connectivity index (χ4n) is 4.53. The first kappa shape index (κ1) is 29.8. The second-order valence-corrected chi connectivity index (χ2v) is 11.1. The summed E-state index contributed by atoms with van der Waals surface area (Å²) < 4.78 is 26.9. The maximum atomic E-state index is 14.6. The first-order chi connectivity index (χ1) is 19.4. The third-order valence-corrected chi connectivity index (χ3v) is 6.68. The Hall–Kier alpha value is -4.19. The predicted molar refractivity (Wildman–Crippen MR) is 154 cm³/mol. The molecule has 1 aliphatic carbocycles. The van der Waals surface area contributed by atoms with Gasteiger partial charge in [-0.25, -0.2) is 14.2 Å². The van der Waals surface area contributed by atoms with Gasteiger partial charge >= 0.3 is 6.09 Å². The van der Waals surface area contributed by atoms with Crippen molar-refractivity contribution in [2.24, 2.45) is 0 Å². The number of imidazole rings is 1. The van der Waals surface area contributed by atoms with Gasteiger partial charge in [0, 0.05) is 75.8 Å². The van der Waals surface area contributed by atoms with Crippen LogP contribution in [0.3, 0.4) is 0 Å². The number of hydrogen-bond donors (Lipinski definition) is 3. The highest BCUT2D eigenvalue weighted by Crippen LogP contribution is 2.27. The van der Waals surface area contributed by atoms with Crippen molar-refractivity contribution in [1.82, 2.24) is 24.5 Å². The summed E-state index contributed by atoms with van der Waals surface area (Å²) in [6, 6.07) is 1.21. The van der Waals surface area contributed by atoms with Crippen LogP contribution in [0.1, 0.15) is 33.4 Å². The average molecular weight is 568 g/mol. The SMILES string of the molecule is COC(C)CN/C=C1\C(=N)C(C(=O)Nc2cc(F)c3nc(C)cn3c2)=CC=C1N1CCN(C(=O)OC(C)(C)C)CC1. The van der Waals surface area contributed by atoms with Crippen LogP contribution in [0.25, 0.3) is 5.65 Å². The maximum absolute atomic E-state index is 14.6. The zero-order valence-electron chi connectivity index (χ0n) is 24.4. The van der Waals surface area contributed by atoms with Gasteiger partial charge in [-0.3, -0.25) is 10.2 Å². The highest BCUT2D eigenvalue weighted by atomic mass is 19.1. The minimum atomic E-state index is -0.576. The molecule has 220 valence electrons. The normalized spacial score (nSPS) is 17.8. The summed E-state index contributed by atoms with van der Waals surface area (Å²) in [5, 5.41) is 14.9. The van der Waals surface area contributed by atoms with E-state index in [4.69, 9.17) is 14.9 Å². The summed E-state index contributed by atoms with van der Waals surface area (Å²) in [5.41, 5.74) is 1.94. The summed E-state index contributed by atoms with van der Waals surface area (Å²) >= 11 is 0. The Morgan fingerprint density at radius 1 is 1.20 bits per heavy atom. The van der Waals surface area contributed by atoms with Crippen molar-refractivity contribution in [2.75, 3.05) is 45.2 Å². The molecule has 0 bridgehead atoms. The molecule has 0 radical (unpaired) electrons. The van der Waals surface area contributed by atoms with Gasteiger partial charge in [0.25, 0.3) is 5.91 Å². The summed E-state index contributed by atoms with van der Waals surface area (Å²) in [6.07, 6.45) is 7.94. The minimum absolute atomic E-state index is 0.0205. The Morgan fingerprint density at radius 3 is 2.56 bits per heavy atom. The van der Waals surface area contributed by atoms with Crippen LogP contribution in [-0.4, -0.2) is 88.4 Å². The minimum Gasteiger partial charge on any atom is -0.444 e. The molecule has 2 amide bonds. The third kappa shape index (κ3) is 7.12. The van der Waals surface area contributed by atoms with E-state index in [-0.39, 0.29) is 34.8 Å². The molecule has 2 aromatic rings. The van der Waals surface area contributed by atoms with E-state index < -0.39 is 17.3 Å². The number of nitrogens with zero attached hydrogens (tertiary/aromatic N) is 4. The van der Waals surface area contributed by atoms with Crippen molar-refractivity contribution < 1.29 is 23.5 Å². The molecule has 1 atom stereocenters. The molecule has 1 aliphatic heterocycles. The van der Waals surface area contributed by atoms with Crippen molar-refractivity contribution >= 4 is 29.0 Å². The summed E-state index contributed by atoms with van der Waals surface area (Å²) in [7, 11) is 1.62. The standard InChI is InChI=1S/C29H38FN7O4/c1-18-16-37-17-20(13-23(30)26(37)33-18)34-27(38)21-7-8-24(22(25(21)31)15-32-14-19(2)40-6)35-9-11-36(12-10-35)28(39)41-29(3,4)5/h7-8,13,15-17,19,31-32H,9-12,14H2,1-6H3,(H,34,38)/b22-15-,31-25?. The van der Waals surface area contributed by atoms with Gasteiger partial charge in [-0.2, -0.15) is 0 Å². The van der Waals surface area contributed by atoms with Crippen molar-refractivity contribution in [1.29, 1.82) is 5.41 Å². The first-order valence-corrected chi connectivity index (χ1v) is 13.5. The second-order valence-electron chi connectivity index (χ2n) is 11.1. The van der Waals surface area contributed by atoms with Crippen molar-refractivity contribution in [3.63, 3.8) is 0 Å². The number of aromatic nitrogens is 2. The van der Waals surface area contributed by atoms with Crippen molar-refractivity contribution in [2.45, 2.75) is 46.3 Å². The molecule has 11 nitrogen and oxygen atoms in total. The third-order valence-electron chi connectivity index (χ3n) is 6.68. The molecular formula is C29H38FN7O4. The number of carbonyl (C=O) groups excluding carboxylic acids is 2. The maximum Gasteiger partial charge on any atom is 0.410 e. The van der Waals surface area contributed by atoms with Crippen LogP contribution in [0.15, 0.2) is 53.7 Å². The molecule has 1 saturated heterocycles. The molecule has 2 aliphatic rings. The molecule has 1 fully saturated rings. The lowest BCUT2D eigenvalue weighted by atomic mass is 9.93. The molecule has 0 aromatic carbocycles. The average Bonchev–Trinajstić information content (AvgIpc) is 3.29. The fourth-order valence-corrected chi connectivity index (χ4v) is 4.53. The molecule has 3 heterocycles. The molecule has 3 N–H and O–H groups in total. The van der Waals surface area contributed by atoms with E-state index in [2.05, 4.69) is 20.5 Å². The number of amides is 2. The number of hydrogen-bond acceptors (Lipinski definition) is 8. The van der Waals surface area contributed by atoms with E-state index in [1.807, 2.05) is 27.7 Å². The molecule has 2 aromatic heterocycles. The summed E-state index contributed by atoms with van der Waals surface area (Å²) in [5.74, 6) is -1.10. The molecule has 4 rings (SSSR count). The van der Waals surface area contributed by atoms with Gasteiger partial charge in [-0.1, -0.05) is 0 Å². The molecule has 1 unspecified atom stereocenters. The van der Waals surface area contributed by atoms with Crippen LogP contribution in [0.4, 0.5) is 14.9 Å². The van der Waals surface area contributed by atoms with Crippen LogP contribution in [0.5, 0.6) is 0 Å². The number of fused-ring (bicyclic) bond motifs is 1. The molecular weight excluding hydrogens is 529 g/mol. The van der Waals surface area contributed by atoms with Gasteiger partial charge in [0.1, 0.15) is 5.60 Å². The number of nitrogens with one attached hydrogen (secondary N) is 3. The number of ether oxygens (including phenoxy) is 2. The van der Waals surface area contributed by atoms with E-state index in [0.29, 0.717) is 44.0 Å². The Labute approximate surface area is 239 Å². The van der Waals surface area contributed by atoms with Gasteiger partial charge in [0.15, 0.2) is 11.5 Å². The van der Waals surface area contributed by atoms with Crippen molar-refractivity contribution in [3.8, 4) is 0 Å². The Balaban J connectivity index is 1.55. The number of aryl methyl sites for hydroxylation is 1. The first-order valence-electron chi connectivity index (χ1n) is 13.5. The van der Waals surface area contributed by atoms with Gasteiger partial charge in [-0.15, -0.1) is 0 Å². The van der Waals surface area contributed by atoms with E-state index in [1.165, 1.54) is 10.5 Å². The van der Waals surface area contributed by atoms with Gasteiger partial charge in [-0.05, 0) is 46.8 Å². The number of anilines is 1. The number of piperazine rings is 1. The number of rotatable bonds is 7. The van der Waals surface area contributed by atoms with Crippen LogP contribution >= 0.6 is 0 Å². The highest BCUT2D eigenvalue weighted by Gasteiger charge is 2.31. The molecule has 0 saturated carbocycles. The van der Waals surface area contributed by atoms with Gasteiger partial charge in [0.05, 0.1) is 28.8 Å². The smallest absolute Gasteiger partial charge is 0.410 e. The van der Waals surface area contributed by atoms with Crippen LogP contribution in [0, 0.1) is 18.2 Å². The van der Waals surface area contributed by atoms with E-state index in [0.717, 1.165) is 5.70 Å². The Morgan fingerprint density at radius 2 is 1.90 bits per heavy atom. The highest BCUT2D eigenvalue weighted by molar-refractivity contribution is 6.31.